The van der Waals surface area contributed by atoms with Crippen molar-refractivity contribution in [1.82, 2.24) is 0 Å². The van der Waals surface area contributed by atoms with E-state index in [1.165, 1.54) is 0 Å². The normalized spacial score (nSPS) is 12.8. The lowest BCUT2D eigenvalue weighted by atomic mass is 10.1. The summed E-state index contributed by atoms with van der Waals surface area (Å²) in [7, 11) is 0. The Hall–Kier alpha value is -2.82. The molecule has 0 atom stereocenters. The van der Waals surface area contributed by atoms with Crippen molar-refractivity contribution in [2.45, 2.75) is 0 Å². The molecule has 1 heterocycles. The van der Waals surface area contributed by atoms with Crippen LogP contribution in [0.2, 0.25) is 0 Å². The van der Waals surface area contributed by atoms with Crippen molar-refractivity contribution in [3.8, 4) is 11.5 Å². The summed E-state index contributed by atoms with van der Waals surface area (Å²) in [4.78, 5) is 15.6. The molecule has 0 unspecified atom stereocenters. The van der Waals surface area contributed by atoms with Gasteiger partial charge in [-0.05, 0) is 35.9 Å². The number of primary amides is 1. The van der Waals surface area contributed by atoms with Crippen molar-refractivity contribution < 1.29 is 14.3 Å². The third-order valence-corrected chi connectivity index (χ3v) is 2.92. The molecule has 20 heavy (non-hydrogen) atoms. The Morgan fingerprint density at radius 3 is 2.80 bits per heavy atom. The van der Waals surface area contributed by atoms with Gasteiger partial charge in [-0.3, -0.25) is 9.79 Å². The first-order chi connectivity index (χ1) is 9.74. The van der Waals surface area contributed by atoms with E-state index in [-0.39, 0.29) is 6.79 Å². The first-order valence-electron chi connectivity index (χ1n) is 6.06. The van der Waals surface area contributed by atoms with Gasteiger partial charge >= 0.3 is 0 Å². The summed E-state index contributed by atoms with van der Waals surface area (Å²) in [6.07, 6.45) is 1.66. The largest absolute Gasteiger partial charge is 0.454 e. The number of carbonyl (C=O) groups excluding carboxylic acids is 1. The molecule has 0 saturated carbocycles. The number of fused-ring (bicyclic) bond motifs is 1. The van der Waals surface area contributed by atoms with Gasteiger partial charge in [-0.1, -0.05) is 12.1 Å². The Balaban J connectivity index is 1.89. The molecule has 1 aliphatic heterocycles. The predicted molar refractivity (Wildman–Crippen MR) is 74.8 cm³/mol. The molecular weight excluding hydrogens is 256 g/mol. The molecule has 100 valence electrons. The van der Waals surface area contributed by atoms with Gasteiger partial charge in [-0.2, -0.15) is 0 Å². The SMILES string of the molecule is NC(=O)c1ccccc1N=Cc1ccc2c(c1)OCO2. The van der Waals surface area contributed by atoms with Crippen LogP contribution in [0.25, 0.3) is 0 Å². The minimum Gasteiger partial charge on any atom is -0.454 e. The van der Waals surface area contributed by atoms with Crippen LogP contribution >= 0.6 is 0 Å². The molecule has 2 N–H and O–H groups in total. The van der Waals surface area contributed by atoms with Gasteiger partial charge in [0.05, 0.1) is 11.3 Å². The van der Waals surface area contributed by atoms with Gasteiger partial charge in [-0.15, -0.1) is 0 Å². The van der Waals surface area contributed by atoms with Gasteiger partial charge in [0.1, 0.15) is 0 Å². The summed E-state index contributed by atoms with van der Waals surface area (Å²) in [6.45, 7) is 0.237. The summed E-state index contributed by atoms with van der Waals surface area (Å²) < 4.78 is 10.5. The minimum atomic E-state index is -0.497. The number of nitrogens with two attached hydrogens (primary N) is 1. The summed E-state index contributed by atoms with van der Waals surface area (Å²) in [6, 6.07) is 12.5. The maximum absolute atomic E-state index is 11.3. The first kappa shape index (κ1) is 12.2. The Bertz CT molecular complexity index is 695. The molecule has 0 spiro atoms. The van der Waals surface area contributed by atoms with Gasteiger partial charge in [0.2, 0.25) is 6.79 Å². The lowest BCUT2D eigenvalue weighted by molar-refractivity contribution is 0.100. The van der Waals surface area contributed by atoms with Crippen LogP contribution in [0.3, 0.4) is 0 Å². The molecule has 1 amide bonds. The molecule has 2 aromatic rings. The highest BCUT2D eigenvalue weighted by Gasteiger charge is 2.12. The van der Waals surface area contributed by atoms with E-state index >= 15 is 0 Å². The maximum Gasteiger partial charge on any atom is 0.250 e. The molecule has 0 radical (unpaired) electrons. The van der Waals surface area contributed by atoms with Gasteiger partial charge in [0, 0.05) is 6.21 Å². The number of carbonyl (C=O) groups is 1. The van der Waals surface area contributed by atoms with Gasteiger partial charge in [0.15, 0.2) is 11.5 Å². The highest BCUT2D eigenvalue weighted by molar-refractivity contribution is 5.98. The predicted octanol–water partition coefficient (Wildman–Crippen LogP) is 2.26. The number of hydrogen-bond donors (Lipinski definition) is 1. The molecule has 0 aliphatic carbocycles. The third kappa shape index (κ3) is 2.33. The zero-order chi connectivity index (χ0) is 13.9. The average molecular weight is 268 g/mol. The molecule has 0 bridgehead atoms. The van der Waals surface area contributed by atoms with Crippen molar-refractivity contribution in [1.29, 1.82) is 0 Å². The van der Waals surface area contributed by atoms with Crippen LogP contribution in [0, 0.1) is 0 Å². The van der Waals surface area contributed by atoms with Crippen LogP contribution in [0.1, 0.15) is 15.9 Å². The van der Waals surface area contributed by atoms with E-state index in [1.807, 2.05) is 18.2 Å². The van der Waals surface area contributed by atoms with Gasteiger partial charge in [0.25, 0.3) is 5.91 Å². The van der Waals surface area contributed by atoms with Crippen molar-refractivity contribution in [3.63, 3.8) is 0 Å². The van der Waals surface area contributed by atoms with E-state index in [0.29, 0.717) is 17.0 Å². The average Bonchev–Trinajstić information content (AvgIpc) is 2.92. The summed E-state index contributed by atoms with van der Waals surface area (Å²) in [5.41, 5.74) is 7.10. The fourth-order valence-electron chi connectivity index (χ4n) is 1.93. The highest BCUT2D eigenvalue weighted by atomic mass is 16.7. The van der Waals surface area contributed by atoms with Crippen molar-refractivity contribution in [3.05, 3.63) is 53.6 Å². The van der Waals surface area contributed by atoms with Crippen LogP contribution < -0.4 is 15.2 Å². The van der Waals surface area contributed by atoms with Crippen LogP contribution in [-0.4, -0.2) is 18.9 Å². The lowest BCUT2D eigenvalue weighted by Gasteiger charge is -2.01. The number of hydrogen-bond acceptors (Lipinski definition) is 4. The summed E-state index contributed by atoms with van der Waals surface area (Å²) in [5.74, 6) is 0.917. The number of amides is 1. The van der Waals surface area contributed by atoms with Gasteiger partial charge < -0.3 is 15.2 Å². The maximum atomic E-state index is 11.3. The van der Waals surface area contributed by atoms with E-state index in [1.54, 1.807) is 30.5 Å². The number of rotatable bonds is 3. The molecular formula is C15H12N2O3. The zero-order valence-electron chi connectivity index (χ0n) is 10.6. The fraction of sp³-hybridized carbons (Fsp3) is 0.0667. The second-order valence-corrected chi connectivity index (χ2v) is 4.25. The minimum absolute atomic E-state index is 0.237. The number of benzene rings is 2. The Kier molecular flexibility index (Phi) is 3.09. The quantitative estimate of drug-likeness (QED) is 0.868. The molecule has 3 rings (SSSR count). The van der Waals surface area contributed by atoms with E-state index in [2.05, 4.69) is 4.99 Å². The molecule has 0 fully saturated rings. The number of ether oxygens (including phenoxy) is 2. The van der Waals surface area contributed by atoms with Crippen molar-refractivity contribution >= 4 is 17.8 Å². The van der Waals surface area contributed by atoms with Gasteiger partial charge in [-0.25, -0.2) is 0 Å². The molecule has 1 aliphatic rings. The second kappa shape index (κ2) is 5.05. The molecule has 5 nitrogen and oxygen atoms in total. The fourth-order valence-corrected chi connectivity index (χ4v) is 1.93. The van der Waals surface area contributed by atoms with Crippen LogP contribution in [0.4, 0.5) is 5.69 Å². The smallest absolute Gasteiger partial charge is 0.250 e. The number of para-hydroxylation sites is 1. The summed E-state index contributed by atoms with van der Waals surface area (Å²) >= 11 is 0. The first-order valence-corrected chi connectivity index (χ1v) is 6.06. The van der Waals surface area contributed by atoms with Crippen LogP contribution in [0.15, 0.2) is 47.5 Å². The standard InChI is InChI=1S/C15H12N2O3/c16-15(18)11-3-1-2-4-12(11)17-8-10-5-6-13-14(7-10)20-9-19-13/h1-8H,9H2,(H2,16,18). The topological polar surface area (TPSA) is 73.9 Å². The van der Waals surface area contributed by atoms with Crippen molar-refractivity contribution in [2.24, 2.45) is 10.7 Å². The number of aliphatic imine (C=N–C) groups is 1. The van der Waals surface area contributed by atoms with Crippen molar-refractivity contribution in [2.75, 3.05) is 6.79 Å². The highest BCUT2D eigenvalue weighted by Crippen LogP contribution is 2.32. The Labute approximate surface area is 115 Å². The molecule has 2 aromatic carbocycles. The van der Waals surface area contributed by atoms with E-state index < -0.39 is 5.91 Å². The summed E-state index contributed by atoms with van der Waals surface area (Å²) in [5, 5.41) is 0. The lowest BCUT2D eigenvalue weighted by Crippen LogP contribution is -2.10. The molecule has 0 aromatic heterocycles. The number of nitrogens with zero attached hydrogens (tertiary/aromatic N) is 1. The monoisotopic (exact) mass is 268 g/mol. The van der Waals surface area contributed by atoms with E-state index in [4.69, 9.17) is 15.2 Å². The molecule has 0 saturated heterocycles. The van der Waals surface area contributed by atoms with Crippen LogP contribution in [-0.2, 0) is 0 Å². The van der Waals surface area contributed by atoms with E-state index in [0.717, 1.165) is 11.3 Å². The zero-order valence-corrected chi connectivity index (χ0v) is 10.6. The van der Waals surface area contributed by atoms with E-state index in [9.17, 15) is 4.79 Å². The Morgan fingerprint density at radius 1 is 1.15 bits per heavy atom. The Morgan fingerprint density at radius 2 is 1.95 bits per heavy atom. The second-order valence-electron chi connectivity index (χ2n) is 4.25. The third-order valence-electron chi connectivity index (χ3n) is 2.92. The molecule has 5 heteroatoms. The van der Waals surface area contributed by atoms with Crippen LogP contribution in [0.5, 0.6) is 11.5 Å².